The molecule has 2 heterocycles. The second-order valence-corrected chi connectivity index (χ2v) is 5.45. The number of ether oxygens (including phenoxy) is 2. The maximum absolute atomic E-state index is 12.7. The Kier molecular flexibility index (Phi) is 3.63. The highest BCUT2D eigenvalue weighted by Gasteiger charge is 2.39. The molecule has 1 fully saturated rings. The standard InChI is InChI=1S/C15H20N2O3/c16-15(5-8-19-9-6-15)14(18)17-7-10-20-13-4-2-1-3-12(13)11-17/h1-4H,5-11,16H2. The van der Waals surface area contributed by atoms with Gasteiger partial charge in [-0.2, -0.15) is 0 Å². The van der Waals surface area contributed by atoms with Gasteiger partial charge in [-0.25, -0.2) is 0 Å². The van der Waals surface area contributed by atoms with Crippen molar-refractivity contribution in [1.82, 2.24) is 4.90 Å². The van der Waals surface area contributed by atoms with Crippen LogP contribution in [-0.4, -0.2) is 42.7 Å². The summed E-state index contributed by atoms with van der Waals surface area (Å²) < 4.78 is 11.0. The lowest BCUT2D eigenvalue weighted by Gasteiger charge is -2.36. The molecule has 0 aromatic heterocycles. The first-order valence-electron chi connectivity index (χ1n) is 7.06. The molecule has 3 rings (SSSR count). The molecule has 0 unspecified atom stereocenters. The zero-order valence-electron chi connectivity index (χ0n) is 11.5. The van der Waals surface area contributed by atoms with E-state index in [2.05, 4.69) is 0 Å². The number of hydrogen-bond donors (Lipinski definition) is 1. The smallest absolute Gasteiger partial charge is 0.243 e. The summed E-state index contributed by atoms with van der Waals surface area (Å²) in [5.74, 6) is 0.877. The normalized spacial score (nSPS) is 21.6. The molecule has 5 heteroatoms. The second kappa shape index (κ2) is 5.42. The van der Waals surface area contributed by atoms with Crippen molar-refractivity contribution in [3.8, 4) is 5.75 Å². The van der Waals surface area contributed by atoms with E-state index in [0.29, 0.717) is 45.8 Å². The van der Waals surface area contributed by atoms with Crippen LogP contribution in [0.2, 0.25) is 0 Å². The molecule has 2 aliphatic heterocycles. The zero-order chi connectivity index (χ0) is 14.0. The van der Waals surface area contributed by atoms with Crippen LogP contribution in [0.15, 0.2) is 24.3 Å². The van der Waals surface area contributed by atoms with E-state index in [0.717, 1.165) is 11.3 Å². The first-order valence-corrected chi connectivity index (χ1v) is 7.06. The zero-order valence-corrected chi connectivity index (χ0v) is 11.5. The van der Waals surface area contributed by atoms with Gasteiger partial charge in [0.25, 0.3) is 0 Å². The van der Waals surface area contributed by atoms with Gasteiger partial charge in [0.2, 0.25) is 5.91 Å². The molecule has 0 saturated carbocycles. The molecule has 0 aliphatic carbocycles. The minimum Gasteiger partial charge on any atom is -0.491 e. The van der Waals surface area contributed by atoms with Crippen molar-refractivity contribution in [3.63, 3.8) is 0 Å². The predicted octanol–water partition coefficient (Wildman–Crippen LogP) is 0.915. The molecule has 2 aliphatic rings. The van der Waals surface area contributed by atoms with Gasteiger partial charge in [-0.1, -0.05) is 18.2 Å². The fourth-order valence-electron chi connectivity index (χ4n) is 2.76. The third-order valence-corrected chi connectivity index (χ3v) is 4.05. The van der Waals surface area contributed by atoms with E-state index < -0.39 is 5.54 Å². The Hall–Kier alpha value is -1.59. The molecule has 20 heavy (non-hydrogen) atoms. The number of amides is 1. The molecular formula is C15H20N2O3. The Bertz CT molecular complexity index is 498. The maximum Gasteiger partial charge on any atom is 0.243 e. The Morgan fingerprint density at radius 1 is 1.20 bits per heavy atom. The van der Waals surface area contributed by atoms with E-state index in [1.807, 2.05) is 29.2 Å². The third kappa shape index (κ3) is 2.51. The lowest BCUT2D eigenvalue weighted by molar-refractivity contribution is -0.141. The van der Waals surface area contributed by atoms with Gasteiger partial charge in [0.1, 0.15) is 12.4 Å². The van der Waals surface area contributed by atoms with Crippen LogP contribution in [0.1, 0.15) is 18.4 Å². The topological polar surface area (TPSA) is 64.8 Å². The summed E-state index contributed by atoms with van der Waals surface area (Å²) in [4.78, 5) is 14.5. The van der Waals surface area contributed by atoms with Gasteiger partial charge in [-0.05, 0) is 18.9 Å². The average Bonchev–Trinajstić information content (AvgIpc) is 2.69. The number of fused-ring (bicyclic) bond motifs is 1. The highest BCUT2D eigenvalue weighted by Crippen LogP contribution is 2.26. The van der Waals surface area contributed by atoms with E-state index in [-0.39, 0.29) is 5.91 Å². The SMILES string of the molecule is NC1(C(=O)N2CCOc3ccccc3C2)CCOCC1. The van der Waals surface area contributed by atoms with Crippen LogP contribution in [0.25, 0.3) is 0 Å². The van der Waals surface area contributed by atoms with Gasteiger partial charge in [-0.15, -0.1) is 0 Å². The molecule has 1 aromatic rings. The lowest BCUT2D eigenvalue weighted by Crippen LogP contribution is -2.58. The third-order valence-electron chi connectivity index (χ3n) is 4.05. The Balaban J connectivity index is 1.78. The molecule has 1 saturated heterocycles. The van der Waals surface area contributed by atoms with E-state index in [1.54, 1.807) is 0 Å². The van der Waals surface area contributed by atoms with Crippen molar-refractivity contribution in [2.45, 2.75) is 24.9 Å². The fraction of sp³-hybridized carbons (Fsp3) is 0.533. The van der Waals surface area contributed by atoms with Crippen LogP contribution in [0.4, 0.5) is 0 Å². The van der Waals surface area contributed by atoms with Crippen molar-refractivity contribution >= 4 is 5.91 Å². The molecule has 0 atom stereocenters. The average molecular weight is 276 g/mol. The first kappa shape index (κ1) is 13.4. The van der Waals surface area contributed by atoms with Gasteiger partial charge in [0, 0.05) is 25.3 Å². The summed E-state index contributed by atoms with van der Waals surface area (Å²) in [6.07, 6.45) is 1.18. The number of nitrogens with zero attached hydrogens (tertiary/aromatic N) is 1. The Labute approximate surface area is 118 Å². The van der Waals surface area contributed by atoms with Gasteiger partial charge in [0.05, 0.1) is 12.1 Å². The Morgan fingerprint density at radius 2 is 1.95 bits per heavy atom. The molecule has 108 valence electrons. The fourth-order valence-corrected chi connectivity index (χ4v) is 2.76. The lowest BCUT2D eigenvalue weighted by atomic mass is 9.89. The summed E-state index contributed by atoms with van der Waals surface area (Å²) in [5, 5.41) is 0. The van der Waals surface area contributed by atoms with Crippen LogP contribution in [0, 0.1) is 0 Å². The number of para-hydroxylation sites is 1. The monoisotopic (exact) mass is 276 g/mol. The summed E-state index contributed by atoms with van der Waals surface area (Å²) in [6, 6.07) is 7.84. The molecule has 5 nitrogen and oxygen atoms in total. The van der Waals surface area contributed by atoms with E-state index in [1.165, 1.54) is 0 Å². The summed E-state index contributed by atoms with van der Waals surface area (Å²) in [5.41, 5.74) is 6.55. The van der Waals surface area contributed by atoms with Crippen molar-refractivity contribution < 1.29 is 14.3 Å². The maximum atomic E-state index is 12.7. The summed E-state index contributed by atoms with van der Waals surface area (Å²) in [7, 11) is 0. The van der Waals surface area contributed by atoms with Crippen LogP contribution >= 0.6 is 0 Å². The van der Waals surface area contributed by atoms with Crippen molar-refractivity contribution in [1.29, 1.82) is 0 Å². The van der Waals surface area contributed by atoms with E-state index in [4.69, 9.17) is 15.2 Å². The van der Waals surface area contributed by atoms with Gasteiger partial charge in [-0.3, -0.25) is 4.79 Å². The second-order valence-electron chi connectivity index (χ2n) is 5.45. The van der Waals surface area contributed by atoms with E-state index in [9.17, 15) is 4.79 Å². The minimum atomic E-state index is -0.780. The van der Waals surface area contributed by atoms with Crippen LogP contribution in [0.3, 0.4) is 0 Å². The van der Waals surface area contributed by atoms with Crippen LogP contribution < -0.4 is 10.5 Å². The van der Waals surface area contributed by atoms with Gasteiger partial charge in [0.15, 0.2) is 0 Å². The minimum absolute atomic E-state index is 0.0149. The number of carbonyl (C=O) groups is 1. The van der Waals surface area contributed by atoms with Crippen molar-refractivity contribution in [2.24, 2.45) is 5.73 Å². The number of benzene rings is 1. The molecule has 2 N–H and O–H groups in total. The number of rotatable bonds is 1. The highest BCUT2D eigenvalue weighted by molar-refractivity contribution is 5.86. The van der Waals surface area contributed by atoms with E-state index >= 15 is 0 Å². The molecule has 1 amide bonds. The van der Waals surface area contributed by atoms with Crippen LogP contribution in [-0.2, 0) is 16.1 Å². The predicted molar refractivity (Wildman–Crippen MR) is 74.3 cm³/mol. The van der Waals surface area contributed by atoms with Crippen LogP contribution in [0.5, 0.6) is 5.75 Å². The van der Waals surface area contributed by atoms with Crippen molar-refractivity contribution in [2.75, 3.05) is 26.4 Å². The van der Waals surface area contributed by atoms with Gasteiger partial charge < -0.3 is 20.1 Å². The quantitative estimate of drug-likeness (QED) is 0.828. The van der Waals surface area contributed by atoms with Gasteiger partial charge >= 0.3 is 0 Å². The summed E-state index contributed by atoms with van der Waals surface area (Å²) in [6.45, 7) is 2.77. The molecule has 0 spiro atoms. The molecular weight excluding hydrogens is 256 g/mol. The summed E-state index contributed by atoms with van der Waals surface area (Å²) >= 11 is 0. The molecule has 0 radical (unpaired) electrons. The largest absolute Gasteiger partial charge is 0.491 e. The molecule has 0 bridgehead atoms. The highest BCUT2D eigenvalue weighted by atomic mass is 16.5. The number of nitrogens with two attached hydrogens (primary N) is 1. The number of hydrogen-bond acceptors (Lipinski definition) is 4. The molecule has 1 aromatic carbocycles. The first-order chi connectivity index (χ1) is 9.69. The van der Waals surface area contributed by atoms with Crippen molar-refractivity contribution in [3.05, 3.63) is 29.8 Å². The Morgan fingerprint density at radius 3 is 2.75 bits per heavy atom. The number of carbonyl (C=O) groups excluding carboxylic acids is 1.